The van der Waals surface area contributed by atoms with Crippen LogP contribution in [0.1, 0.15) is 121 Å². The molecule has 0 saturated carbocycles. The van der Waals surface area contributed by atoms with Gasteiger partial charge < -0.3 is 0 Å². The van der Waals surface area contributed by atoms with Crippen LogP contribution < -0.4 is 5.19 Å². The van der Waals surface area contributed by atoms with Crippen LogP contribution in [0.25, 0.3) is 11.1 Å². The van der Waals surface area contributed by atoms with Crippen molar-refractivity contribution in [3.05, 3.63) is 110 Å². The van der Waals surface area contributed by atoms with Gasteiger partial charge in [0.2, 0.25) is 0 Å². The molecule has 2 aliphatic rings. The molecule has 0 spiro atoms. The fourth-order valence-electron chi connectivity index (χ4n) is 8.62. The fraction of sp³-hybridized carbons (Fsp3) is 0.436. The number of aryl methyl sites for hydroxylation is 2. The molecule has 0 fully saturated rings. The van der Waals surface area contributed by atoms with E-state index in [1.54, 1.807) is 0 Å². The van der Waals surface area contributed by atoms with Gasteiger partial charge in [-0.3, -0.25) is 0 Å². The Kier molecular flexibility index (Phi) is 8.25. The van der Waals surface area contributed by atoms with Crippen LogP contribution >= 0.6 is 17.0 Å². The maximum absolute atomic E-state index is 8.91. The minimum atomic E-state index is -5.07. The molecule has 0 bridgehead atoms. The Bertz CT molecular complexity index is 1590. The van der Waals surface area contributed by atoms with Crippen molar-refractivity contribution in [3.8, 4) is 0 Å². The van der Waals surface area contributed by atoms with Gasteiger partial charge in [-0.05, 0) is 0 Å². The van der Waals surface area contributed by atoms with E-state index in [-0.39, 0.29) is 18.1 Å². The summed E-state index contributed by atoms with van der Waals surface area (Å²) in [5.41, 5.74) is 16.8. The van der Waals surface area contributed by atoms with Gasteiger partial charge in [0.15, 0.2) is 0 Å². The predicted octanol–water partition coefficient (Wildman–Crippen LogP) is 11.6. The zero-order chi connectivity index (χ0) is 32.0. The summed E-state index contributed by atoms with van der Waals surface area (Å²) in [5.74, 6) is -1.95. The van der Waals surface area contributed by atoms with E-state index in [4.69, 9.17) is 17.0 Å². The van der Waals surface area contributed by atoms with Gasteiger partial charge in [-0.2, -0.15) is 0 Å². The predicted molar refractivity (Wildman–Crippen MR) is 193 cm³/mol. The molecule has 0 saturated heterocycles. The van der Waals surface area contributed by atoms with Crippen LogP contribution in [0.4, 0.5) is 0 Å². The first-order valence-electron chi connectivity index (χ1n) is 16.0. The number of hydrogen-bond donors (Lipinski definition) is 0. The second-order valence-corrected chi connectivity index (χ2v) is 56.0. The molecule has 3 aromatic carbocycles. The van der Waals surface area contributed by atoms with Crippen molar-refractivity contribution in [3.63, 3.8) is 0 Å². The summed E-state index contributed by atoms with van der Waals surface area (Å²) in [5, 5.41) is 1.39. The van der Waals surface area contributed by atoms with E-state index < -0.39 is 21.5 Å². The molecule has 2 aliphatic carbocycles. The quantitative estimate of drug-likeness (QED) is 0.237. The van der Waals surface area contributed by atoms with E-state index >= 15 is 0 Å². The Morgan fingerprint density at radius 1 is 0.581 bits per heavy atom. The number of fused-ring (bicyclic) bond motifs is 2. The first-order valence-corrected chi connectivity index (χ1v) is 31.7. The Morgan fingerprint density at radius 2 is 0.953 bits per heavy atom. The van der Waals surface area contributed by atoms with Crippen LogP contribution in [-0.4, -0.2) is 5.92 Å². The summed E-state index contributed by atoms with van der Waals surface area (Å²) in [4.78, 5) is 0. The van der Waals surface area contributed by atoms with Gasteiger partial charge in [0.05, 0.1) is 0 Å². The molecule has 43 heavy (non-hydrogen) atoms. The van der Waals surface area contributed by atoms with E-state index in [1.165, 1.54) is 72.0 Å². The van der Waals surface area contributed by atoms with E-state index in [0.29, 0.717) is 0 Å². The SMILES string of the molecule is CC1=C(C)[CH]([Zr]([Cl])([Cl])([CH]2C(C)=C(C)c3c(C(C)(C)C)ccc(C)c32)[SiH](C)c2ccccc2)c2c(C)ccc(C(C)(C)C)c21. The van der Waals surface area contributed by atoms with Gasteiger partial charge in [0.1, 0.15) is 0 Å². The average molecular weight is 710 g/mol. The first kappa shape index (κ1) is 33.2. The van der Waals surface area contributed by atoms with Crippen LogP contribution in [-0.2, 0) is 26.4 Å². The van der Waals surface area contributed by atoms with Crippen LogP contribution in [0.3, 0.4) is 0 Å². The summed E-state index contributed by atoms with van der Waals surface area (Å²) in [6.07, 6.45) is 0. The standard InChI is InChI=1S/2C16H21.C7H9Si.2ClH.Zr/c2*1-10-7-8-14(16(4,5)6)15-12(3)11(2)9-13(10)15;1-8-7-5-3-2-4-6-7;;;/h2*7-9H,1-6H3;2-6,8H,1H3;2*1H;/q;;;;;+2/p-2. The van der Waals surface area contributed by atoms with Gasteiger partial charge in [0.25, 0.3) is 0 Å². The Morgan fingerprint density at radius 3 is 1.30 bits per heavy atom. The molecule has 4 heteroatoms. The minimum absolute atomic E-state index is 0.0190. The van der Waals surface area contributed by atoms with Crippen LogP contribution in [0.2, 0.25) is 6.55 Å². The van der Waals surface area contributed by atoms with E-state index in [0.717, 1.165) is 0 Å². The Balaban J connectivity index is 1.96. The zero-order valence-corrected chi connectivity index (χ0v) is 33.8. The summed E-state index contributed by atoms with van der Waals surface area (Å²) in [6.45, 7) is 30.5. The zero-order valence-electron chi connectivity index (χ0n) is 28.7. The molecule has 0 aliphatic heterocycles. The van der Waals surface area contributed by atoms with Gasteiger partial charge >= 0.3 is 273 Å². The van der Waals surface area contributed by atoms with Crippen molar-refractivity contribution in [1.82, 2.24) is 0 Å². The molecule has 229 valence electrons. The van der Waals surface area contributed by atoms with Crippen molar-refractivity contribution in [2.24, 2.45) is 0 Å². The molecule has 3 aromatic rings. The molecular weight excluding hydrogens is 659 g/mol. The third-order valence-corrected chi connectivity index (χ3v) is 58.5. The number of rotatable bonds is 4. The maximum atomic E-state index is 8.91. The molecule has 5 rings (SSSR count). The molecule has 3 unspecified atom stereocenters. The van der Waals surface area contributed by atoms with Crippen molar-refractivity contribution in [2.45, 2.75) is 108 Å². The van der Waals surface area contributed by atoms with Crippen LogP contribution in [0.15, 0.2) is 65.7 Å². The van der Waals surface area contributed by atoms with E-state index in [2.05, 4.69) is 144 Å². The third kappa shape index (κ3) is 4.83. The molecule has 3 atom stereocenters. The van der Waals surface area contributed by atoms with Gasteiger partial charge in [-0.1, -0.05) is 0 Å². The van der Waals surface area contributed by atoms with Crippen molar-refractivity contribution in [1.29, 1.82) is 0 Å². The Hall–Kier alpha value is -1.18. The normalized spacial score (nSPS) is 20.7. The van der Waals surface area contributed by atoms with Crippen molar-refractivity contribution >= 4 is 39.3 Å². The van der Waals surface area contributed by atoms with E-state index in [9.17, 15) is 0 Å². The molecule has 0 N–H and O–H groups in total. The molecule has 0 nitrogen and oxygen atoms in total. The number of benzene rings is 3. The van der Waals surface area contributed by atoms with Gasteiger partial charge in [-0.25, -0.2) is 0 Å². The summed E-state index contributed by atoms with van der Waals surface area (Å²) in [6, 6.07) is 20.5. The monoisotopic (exact) mass is 707 g/mol. The second-order valence-electron chi connectivity index (χ2n) is 15.8. The topological polar surface area (TPSA) is 0 Å². The molecule has 0 aromatic heterocycles. The number of hydrogen-bond acceptors (Lipinski definition) is 0. The average Bonchev–Trinajstić information content (AvgIpc) is 3.35. The van der Waals surface area contributed by atoms with Crippen molar-refractivity contribution in [2.75, 3.05) is 0 Å². The van der Waals surface area contributed by atoms with Crippen LogP contribution in [0, 0.1) is 13.8 Å². The first-order chi connectivity index (χ1) is 19.7. The summed E-state index contributed by atoms with van der Waals surface area (Å²) in [7, 11) is 17.8. The molecule has 0 amide bonds. The number of allylic oxidation sites excluding steroid dienone is 4. The summed E-state index contributed by atoms with van der Waals surface area (Å²) >= 11 is -5.07. The molecule has 0 heterocycles. The second kappa shape index (κ2) is 10.7. The summed E-state index contributed by atoms with van der Waals surface area (Å²) < 4.78 is 0.140. The molecule has 0 radical (unpaired) electrons. The number of halogens is 2. The van der Waals surface area contributed by atoms with Crippen LogP contribution in [0.5, 0.6) is 0 Å². The van der Waals surface area contributed by atoms with Gasteiger partial charge in [0, 0.05) is 0 Å². The molecular formula is C39H51Cl2SiZr. The van der Waals surface area contributed by atoms with Crippen molar-refractivity contribution < 1.29 is 15.6 Å². The van der Waals surface area contributed by atoms with E-state index in [1.807, 2.05) is 0 Å². The third-order valence-electron chi connectivity index (χ3n) is 11.1. The Labute approximate surface area is 270 Å². The van der Waals surface area contributed by atoms with Gasteiger partial charge in [-0.15, -0.1) is 0 Å². The fourth-order valence-corrected chi connectivity index (χ4v) is 50.9.